The highest BCUT2D eigenvalue weighted by Gasteiger charge is 2.15. The SMILES string of the molecule is CCc1nc2cccc(-c3cccc4[nH]c(C(C)C)nc34)c2o1. The molecule has 1 N–H and O–H groups in total. The molecule has 0 saturated heterocycles. The summed E-state index contributed by atoms with van der Waals surface area (Å²) in [7, 11) is 0. The summed E-state index contributed by atoms with van der Waals surface area (Å²) < 4.78 is 5.96. The lowest BCUT2D eigenvalue weighted by Crippen LogP contribution is -1.88. The average Bonchev–Trinajstić information content (AvgIpc) is 3.17. The van der Waals surface area contributed by atoms with Gasteiger partial charge in [-0.15, -0.1) is 0 Å². The van der Waals surface area contributed by atoms with E-state index in [4.69, 9.17) is 9.40 Å². The number of fused-ring (bicyclic) bond motifs is 2. The predicted molar refractivity (Wildman–Crippen MR) is 92.6 cm³/mol. The fourth-order valence-electron chi connectivity index (χ4n) is 2.90. The first-order chi connectivity index (χ1) is 11.2. The van der Waals surface area contributed by atoms with Crippen LogP contribution in [0.2, 0.25) is 0 Å². The second-order valence-electron chi connectivity index (χ2n) is 6.09. The van der Waals surface area contributed by atoms with Gasteiger partial charge in [0.1, 0.15) is 11.3 Å². The maximum absolute atomic E-state index is 5.96. The van der Waals surface area contributed by atoms with Gasteiger partial charge in [-0.2, -0.15) is 0 Å². The minimum Gasteiger partial charge on any atom is -0.440 e. The van der Waals surface area contributed by atoms with Crippen molar-refractivity contribution in [3.05, 3.63) is 48.1 Å². The van der Waals surface area contributed by atoms with Crippen LogP contribution in [0.1, 0.15) is 38.4 Å². The summed E-state index contributed by atoms with van der Waals surface area (Å²) in [5.74, 6) is 2.14. The molecule has 2 aromatic heterocycles. The van der Waals surface area contributed by atoms with Crippen LogP contribution < -0.4 is 0 Å². The minimum absolute atomic E-state index is 0.364. The molecule has 0 saturated carbocycles. The summed E-state index contributed by atoms with van der Waals surface area (Å²) in [6.45, 7) is 6.33. The molecule has 0 bridgehead atoms. The van der Waals surface area contributed by atoms with E-state index in [0.29, 0.717) is 5.92 Å². The number of aromatic amines is 1. The molecular formula is C19H19N3O. The molecule has 23 heavy (non-hydrogen) atoms. The Labute approximate surface area is 134 Å². The summed E-state index contributed by atoms with van der Waals surface area (Å²) in [5, 5.41) is 0. The van der Waals surface area contributed by atoms with Gasteiger partial charge in [0, 0.05) is 23.5 Å². The number of hydrogen-bond acceptors (Lipinski definition) is 3. The van der Waals surface area contributed by atoms with Crippen molar-refractivity contribution in [1.82, 2.24) is 15.0 Å². The number of H-pyrrole nitrogens is 1. The van der Waals surface area contributed by atoms with Crippen molar-refractivity contribution in [3.8, 4) is 11.1 Å². The molecule has 2 aromatic carbocycles. The largest absolute Gasteiger partial charge is 0.440 e. The van der Waals surface area contributed by atoms with Gasteiger partial charge in [-0.25, -0.2) is 9.97 Å². The number of nitrogens with one attached hydrogen (secondary N) is 1. The molecule has 116 valence electrons. The first-order valence-electron chi connectivity index (χ1n) is 8.04. The quantitative estimate of drug-likeness (QED) is 0.576. The predicted octanol–water partition coefficient (Wildman–Crippen LogP) is 5.06. The maximum atomic E-state index is 5.96. The van der Waals surface area contributed by atoms with E-state index in [-0.39, 0.29) is 0 Å². The van der Waals surface area contributed by atoms with Crippen LogP contribution in [0.25, 0.3) is 33.3 Å². The molecule has 0 atom stereocenters. The summed E-state index contributed by atoms with van der Waals surface area (Å²) in [6, 6.07) is 12.3. The monoisotopic (exact) mass is 305 g/mol. The summed E-state index contributed by atoms with van der Waals surface area (Å²) >= 11 is 0. The van der Waals surface area contributed by atoms with E-state index in [1.165, 1.54) is 0 Å². The summed E-state index contributed by atoms with van der Waals surface area (Å²) in [6.07, 6.45) is 0.790. The highest BCUT2D eigenvalue weighted by Crippen LogP contribution is 2.34. The van der Waals surface area contributed by atoms with Crippen LogP contribution in [0.4, 0.5) is 0 Å². The number of imidazole rings is 1. The molecule has 4 rings (SSSR count). The molecule has 0 aliphatic heterocycles. The second-order valence-corrected chi connectivity index (χ2v) is 6.09. The highest BCUT2D eigenvalue weighted by atomic mass is 16.3. The molecule has 2 heterocycles. The van der Waals surface area contributed by atoms with Crippen molar-refractivity contribution in [1.29, 1.82) is 0 Å². The molecular weight excluding hydrogens is 286 g/mol. The van der Waals surface area contributed by atoms with E-state index in [2.05, 4.69) is 48.1 Å². The third-order valence-electron chi connectivity index (χ3n) is 4.13. The average molecular weight is 305 g/mol. The standard InChI is InChI=1S/C19H19N3O/c1-4-16-20-15-10-6-8-13(18(15)23-16)12-7-5-9-14-17(12)22-19(21-14)11(2)3/h5-11H,4H2,1-3H3,(H,21,22). The first-order valence-corrected chi connectivity index (χ1v) is 8.04. The molecule has 4 heteroatoms. The lowest BCUT2D eigenvalue weighted by Gasteiger charge is -2.03. The van der Waals surface area contributed by atoms with E-state index < -0.39 is 0 Å². The number of para-hydroxylation sites is 2. The Morgan fingerprint density at radius 1 is 1.04 bits per heavy atom. The van der Waals surface area contributed by atoms with Gasteiger partial charge in [-0.05, 0) is 12.1 Å². The third kappa shape index (κ3) is 2.22. The van der Waals surface area contributed by atoms with Gasteiger partial charge in [0.05, 0.1) is 11.0 Å². The summed E-state index contributed by atoms with van der Waals surface area (Å²) in [5.41, 5.74) is 5.90. The molecule has 0 unspecified atom stereocenters. The van der Waals surface area contributed by atoms with Crippen LogP contribution in [-0.2, 0) is 6.42 Å². The Hall–Kier alpha value is -2.62. The molecule has 0 amide bonds. The van der Waals surface area contributed by atoms with Gasteiger partial charge in [0.15, 0.2) is 11.5 Å². The fourth-order valence-corrected chi connectivity index (χ4v) is 2.90. The van der Waals surface area contributed by atoms with Gasteiger partial charge in [-0.3, -0.25) is 0 Å². The highest BCUT2D eigenvalue weighted by molar-refractivity contribution is 6.00. The van der Waals surface area contributed by atoms with Crippen molar-refractivity contribution in [2.45, 2.75) is 33.1 Å². The van der Waals surface area contributed by atoms with Crippen LogP contribution in [0.3, 0.4) is 0 Å². The minimum atomic E-state index is 0.364. The van der Waals surface area contributed by atoms with E-state index in [1.807, 2.05) is 19.1 Å². The number of rotatable bonds is 3. The zero-order valence-electron chi connectivity index (χ0n) is 13.6. The van der Waals surface area contributed by atoms with Crippen LogP contribution in [0, 0.1) is 0 Å². The van der Waals surface area contributed by atoms with Gasteiger partial charge >= 0.3 is 0 Å². The van der Waals surface area contributed by atoms with Gasteiger partial charge in [-0.1, -0.05) is 45.0 Å². The van der Waals surface area contributed by atoms with Crippen molar-refractivity contribution in [2.75, 3.05) is 0 Å². The second kappa shape index (κ2) is 5.23. The van der Waals surface area contributed by atoms with Crippen molar-refractivity contribution in [2.24, 2.45) is 0 Å². The lowest BCUT2D eigenvalue weighted by molar-refractivity contribution is 0.539. The number of hydrogen-bond donors (Lipinski definition) is 1. The molecule has 0 aliphatic rings. The Bertz CT molecular complexity index is 994. The number of oxazole rings is 1. The molecule has 4 aromatic rings. The van der Waals surface area contributed by atoms with E-state index in [0.717, 1.165) is 51.4 Å². The van der Waals surface area contributed by atoms with Crippen LogP contribution in [0.15, 0.2) is 40.8 Å². The Morgan fingerprint density at radius 2 is 1.83 bits per heavy atom. The zero-order valence-corrected chi connectivity index (χ0v) is 13.6. The van der Waals surface area contributed by atoms with E-state index in [1.54, 1.807) is 0 Å². The molecule has 4 nitrogen and oxygen atoms in total. The Morgan fingerprint density at radius 3 is 2.61 bits per heavy atom. The zero-order chi connectivity index (χ0) is 16.0. The number of aryl methyl sites for hydroxylation is 1. The van der Waals surface area contributed by atoms with Crippen molar-refractivity contribution < 1.29 is 4.42 Å². The van der Waals surface area contributed by atoms with E-state index in [9.17, 15) is 0 Å². The van der Waals surface area contributed by atoms with Gasteiger partial charge in [0.2, 0.25) is 0 Å². The third-order valence-corrected chi connectivity index (χ3v) is 4.13. The topological polar surface area (TPSA) is 54.7 Å². The Balaban J connectivity index is 2.00. The van der Waals surface area contributed by atoms with Crippen molar-refractivity contribution in [3.63, 3.8) is 0 Å². The van der Waals surface area contributed by atoms with Crippen LogP contribution in [-0.4, -0.2) is 15.0 Å². The van der Waals surface area contributed by atoms with Crippen LogP contribution in [0.5, 0.6) is 0 Å². The van der Waals surface area contributed by atoms with Gasteiger partial charge < -0.3 is 9.40 Å². The van der Waals surface area contributed by atoms with Crippen LogP contribution >= 0.6 is 0 Å². The first kappa shape index (κ1) is 14.0. The lowest BCUT2D eigenvalue weighted by atomic mass is 10.0. The van der Waals surface area contributed by atoms with Crippen molar-refractivity contribution >= 4 is 22.1 Å². The smallest absolute Gasteiger partial charge is 0.195 e. The molecule has 0 spiro atoms. The molecule has 0 aliphatic carbocycles. The number of aromatic nitrogens is 3. The Kier molecular flexibility index (Phi) is 3.18. The van der Waals surface area contributed by atoms with Gasteiger partial charge in [0.25, 0.3) is 0 Å². The number of benzene rings is 2. The maximum Gasteiger partial charge on any atom is 0.195 e. The molecule has 0 radical (unpaired) electrons. The normalized spacial score (nSPS) is 11.8. The van der Waals surface area contributed by atoms with E-state index >= 15 is 0 Å². The molecule has 0 fully saturated rings. The number of nitrogens with zero attached hydrogens (tertiary/aromatic N) is 2. The summed E-state index contributed by atoms with van der Waals surface area (Å²) in [4.78, 5) is 12.8. The fraction of sp³-hybridized carbons (Fsp3) is 0.263.